The zero-order valence-electron chi connectivity index (χ0n) is 13.1. The SMILES string of the molecule is CCn1nnc2cc(C(=O)NC(CO)c3ccc(Cl)cc3)ccc21. The fourth-order valence-electron chi connectivity index (χ4n) is 2.52. The topological polar surface area (TPSA) is 80.0 Å². The quantitative estimate of drug-likeness (QED) is 0.745. The van der Waals surface area contributed by atoms with Crippen molar-refractivity contribution in [1.82, 2.24) is 20.3 Å². The summed E-state index contributed by atoms with van der Waals surface area (Å²) in [6.45, 7) is 2.49. The molecule has 6 nitrogen and oxygen atoms in total. The van der Waals surface area contributed by atoms with Crippen LogP contribution in [0.1, 0.15) is 28.9 Å². The highest BCUT2D eigenvalue weighted by Crippen LogP contribution is 2.18. The van der Waals surface area contributed by atoms with Gasteiger partial charge >= 0.3 is 0 Å². The Morgan fingerprint density at radius 2 is 2.04 bits per heavy atom. The molecule has 0 aliphatic heterocycles. The van der Waals surface area contributed by atoms with E-state index in [1.807, 2.05) is 13.0 Å². The predicted octanol–water partition coefficient (Wildman–Crippen LogP) is 2.57. The molecule has 7 heteroatoms. The normalized spacial score (nSPS) is 12.3. The van der Waals surface area contributed by atoms with Gasteiger partial charge in [0.2, 0.25) is 0 Å². The molecule has 0 spiro atoms. The molecule has 2 aromatic carbocycles. The number of carbonyl (C=O) groups is 1. The Kier molecular flexibility index (Phi) is 4.78. The van der Waals surface area contributed by atoms with Crippen LogP contribution in [0.25, 0.3) is 11.0 Å². The highest BCUT2D eigenvalue weighted by Gasteiger charge is 2.16. The number of nitrogens with one attached hydrogen (secondary N) is 1. The number of halogens is 1. The van der Waals surface area contributed by atoms with Crippen molar-refractivity contribution < 1.29 is 9.90 Å². The van der Waals surface area contributed by atoms with Gasteiger partial charge in [-0.15, -0.1) is 5.10 Å². The lowest BCUT2D eigenvalue weighted by Gasteiger charge is -2.17. The molecular weight excluding hydrogens is 328 g/mol. The van der Waals surface area contributed by atoms with Gasteiger partial charge in [-0.25, -0.2) is 4.68 Å². The van der Waals surface area contributed by atoms with E-state index in [1.54, 1.807) is 41.1 Å². The van der Waals surface area contributed by atoms with Crippen LogP contribution in [0.3, 0.4) is 0 Å². The molecule has 1 atom stereocenters. The Bertz CT molecular complexity index is 861. The molecule has 0 aliphatic carbocycles. The van der Waals surface area contributed by atoms with E-state index >= 15 is 0 Å². The second-order valence-electron chi connectivity index (χ2n) is 5.37. The highest BCUT2D eigenvalue weighted by molar-refractivity contribution is 6.30. The van der Waals surface area contributed by atoms with E-state index in [9.17, 15) is 9.90 Å². The van der Waals surface area contributed by atoms with Crippen LogP contribution < -0.4 is 5.32 Å². The van der Waals surface area contributed by atoms with Crippen LogP contribution in [-0.2, 0) is 6.54 Å². The van der Waals surface area contributed by atoms with Gasteiger partial charge in [0, 0.05) is 17.1 Å². The van der Waals surface area contributed by atoms with Gasteiger partial charge in [-0.1, -0.05) is 28.9 Å². The Labute approximate surface area is 144 Å². The van der Waals surface area contributed by atoms with Crippen molar-refractivity contribution in [3.63, 3.8) is 0 Å². The molecule has 1 aromatic heterocycles. The Morgan fingerprint density at radius 3 is 2.71 bits per heavy atom. The van der Waals surface area contributed by atoms with Gasteiger partial charge in [0.25, 0.3) is 5.91 Å². The van der Waals surface area contributed by atoms with Gasteiger partial charge in [0.15, 0.2) is 0 Å². The molecule has 0 bridgehead atoms. The van der Waals surface area contributed by atoms with E-state index in [-0.39, 0.29) is 12.5 Å². The first-order valence-corrected chi connectivity index (χ1v) is 8.00. The van der Waals surface area contributed by atoms with Gasteiger partial charge in [-0.3, -0.25) is 4.79 Å². The maximum absolute atomic E-state index is 12.5. The van der Waals surface area contributed by atoms with E-state index in [4.69, 9.17) is 11.6 Å². The summed E-state index contributed by atoms with van der Waals surface area (Å²) in [6, 6.07) is 11.7. The zero-order valence-corrected chi connectivity index (χ0v) is 13.9. The van der Waals surface area contributed by atoms with Crippen molar-refractivity contribution in [1.29, 1.82) is 0 Å². The lowest BCUT2D eigenvalue weighted by Crippen LogP contribution is -2.30. The molecule has 3 aromatic rings. The van der Waals surface area contributed by atoms with Crippen LogP contribution in [0, 0.1) is 0 Å². The Balaban J connectivity index is 1.81. The first kappa shape index (κ1) is 16.4. The molecule has 0 fully saturated rings. The number of aromatic nitrogens is 3. The summed E-state index contributed by atoms with van der Waals surface area (Å²) in [5.41, 5.74) is 2.80. The molecule has 1 amide bonds. The molecule has 0 saturated carbocycles. The number of aliphatic hydroxyl groups excluding tert-OH is 1. The molecule has 0 saturated heterocycles. The molecule has 124 valence electrons. The summed E-state index contributed by atoms with van der Waals surface area (Å²) in [7, 11) is 0. The van der Waals surface area contributed by atoms with E-state index in [1.165, 1.54) is 0 Å². The van der Waals surface area contributed by atoms with Crippen LogP contribution in [0.2, 0.25) is 5.02 Å². The van der Waals surface area contributed by atoms with Crippen molar-refractivity contribution in [3.8, 4) is 0 Å². The van der Waals surface area contributed by atoms with Crippen LogP contribution in [0.15, 0.2) is 42.5 Å². The van der Waals surface area contributed by atoms with Gasteiger partial charge < -0.3 is 10.4 Å². The highest BCUT2D eigenvalue weighted by atomic mass is 35.5. The van der Waals surface area contributed by atoms with Crippen LogP contribution in [0.4, 0.5) is 0 Å². The van der Waals surface area contributed by atoms with Crippen molar-refractivity contribution in [2.24, 2.45) is 0 Å². The summed E-state index contributed by atoms with van der Waals surface area (Å²) in [4.78, 5) is 12.5. The number of rotatable bonds is 5. The number of nitrogens with zero attached hydrogens (tertiary/aromatic N) is 3. The minimum atomic E-state index is -0.503. The van der Waals surface area contributed by atoms with Crippen molar-refractivity contribution >= 4 is 28.5 Å². The lowest BCUT2D eigenvalue weighted by atomic mass is 10.1. The number of aryl methyl sites for hydroxylation is 1. The van der Waals surface area contributed by atoms with Crippen LogP contribution in [0.5, 0.6) is 0 Å². The molecule has 2 N–H and O–H groups in total. The number of hydrogen-bond acceptors (Lipinski definition) is 4. The molecule has 0 aliphatic rings. The predicted molar refractivity (Wildman–Crippen MR) is 91.9 cm³/mol. The minimum absolute atomic E-state index is 0.207. The standard InChI is InChI=1S/C17H17ClN4O2/c1-2-22-16-8-5-12(9-14(16)20-21-22)17(24)19-15(10-23)11-3-6-13(18)7-4-11/h3-9,15,23H,2,10H2,1H3,(H,19,24). The van der Waals surface area contributed by atoms with Gasteiger partial charge in [-0.2, -0.15) is 0 Å². The summed E-state index contributed by atoms with van der Waals surface area (Å²) in [5, 5.41) is 21.1. The molecular formula is C17H17ClN4O2. The third-order valence-electron chi connectivity index (χ3n) is 3.84. The van der Waals surface area contributed by atoms with Crippen molar-refractivity contribution in [3.05, 3.63) is 58.6 Å². The molecule has 24 heavy (non-hydrogen) atoms. The summed E-state index contributed by atoms with van der Waals surface area (Å²) < 4.78 is 1.77. The maximum Gasteiger partial charge on any atom is 0.251 e. The molecule has 1 heterocycles. The summed E-state index contributed by atoms with van der Waals surface area (Å²) in [6.07, 6.45) is 0. The second-order valence-corrected chi connectivity index (χ2v) is 5.81. The number of aliphatic hydroxyl groups is 1. The summed E-state index contributed by atoms with van der Waals surface area (Å²) in [5.74, 6) is -0.281. The van der Waals surface area contributed by atoms with Gasteiger partial charge in [0.05, 0.1) is 18.2 Å². The third kappa shape index (κ3) is 3.25. The molecule has 1 unspecified atom stereocenters. The van der Waals surface area contributed by atoms with Gasteiger partial charge in [0.1, 0.15) is 5.52 Å². The second kappa shape index (κ2) is 6.98. The number of fused-ring (bicyclic) bond motifs is 1. The molecule has 0 radical (unpaired) electrons. The smallest absolute Gasteiger partial charge is 0.251 e. The number of amides is 1. The fraction of sp³-hybridized carbons (Fsp3) is 0.235. The lowest BCUT2D eigenvalue weighted by molar-refractivity contribution is 0.0916. The van der Waals surface area contributed by atoms with Crippen LogP contribution in [-0.4, -0.2) is 32.6 Å². The maximum atomic E-state index is 12.5. The number of benzene rings is 2. The molecule has 3 rings (SSSR count). The largest absolute Gasteiger partial charge is 0.394 e. The minimum Gasteiger partial charge on any atom is -0.394 e. The Hall–Kier alpha value is -2.44. The average molecular weight is 345 g/mol. The zero-order chi connectivity index (χ0) is 17.1. The first-order valence-electron chi connectivity index (χ1n) is 7.62. The summed E-state index contributed by atoms with van der Waals surface area (Å²) >= 11 is 5.87. The third-order valence-corrected chi connectivity index (χ3v) is 4.09. The average Bonchev–Trinajstić information content (AvgIpc) is 3.02. The van der Waals surface area contributed by atoms with E-state index < -0.39 is 6.04 Å². The van der Waals surface area contributed by atoms with E-state index in [0.29, 0.717) is 22.6 Å². The van der Waals surface area contributed by atoms with Crippen molar-refractivity contribution in [2.45, 2.75) is 19.5 Å². The van der Waals surface area contributed by atoms with E-state index in [0.717, 1.165) is 11.1 Å². The van der Waals surface area contributed by atoms with E-state index in [2.05, 4.69) is 15.6 Å². The number of carbonyl (C=O) groups excluding carboxylic acids is 1. The number of hydrogen-bond donors (Lipinski definition) is 2. The monoisotopic (exact) mass is 344 g/mol. The van der Waals surface area contributed by atoms with Crippen LogP contribution >= 0.6 is 11.6 Å². The Morgan fingerprint density at radius 1 is 1.29 bits per heavy atom. The fourth-order valence-corrected chi connectivity index (χ4v) is 2.64. The van der Waals surface area contributed by atoms with Crippen molar-refractivity contribution in [2.75, 3.05) is 6.61 Å². The first-order chi connectivity index (χ1) is 11.6. The van der Waals surface area contributed by atoms with Gasteiger partial charge in [-0.05, 0) is 42.8 Å².